The third kappa shape index (κ3) is 4.49. The van der Waals surface area contributed by atoms with Gasteiger partial charge in [-0.15, -0.1) is 0 Å². The number of benzene rings is 2. The molecule has 1 heterocycles. The van der Waals surface area contributed by atoms with Crippen molar-refractivity contribution >= 4 is 51.7 Å². The maximum absolute atomic E-state index is 12.8. The molecule has 1 aliphatic rings. The number of thiocarbonyl (C=S) groups is 1. The van der Waals surface area contributed by atoms with Crippen LogP contribution in [-0.4, -0.2) is 23.3 Å². The summed E-state index contributed by atoms with van der Waals surface area (Å²) >= 11 is 6.78. The molecule has 5 heteroatoms. The number of carbonyl (C=O) groups is 1. The Bertz CT molecular complexity index is 869. The van der Waals surface area contributed by atoms with Gasteiger partial charge in [0.1, 0.15) is 0 Å². The Labute approximate surface area is 170 Å². The van der Waals surface area contributed by atoms with Crippen molar-refractivity contribution in [3.05, 3.63) is 77.2 Å². The minimum Gasteiger partial charge on any atom is -0.372 e. The Hall–Kier alpha value is -2.37. The van der Waals surface area contributed by atoms with Gasteiger partial charge in [-0.2, -0.15) is 0 Å². The van der Waals surface area contributed by atoms with Gasteiger partial charge in [0.15, 0.2) is 4.32 Å². The molecule has 0 atom stereocenters. The van der Waals surface area contributed by atoms with E-state index in [0.717, 1.165) is 30.0 Å². The van der Waals surface area contributed by atoms with E-state index in [-0.39, 0.29) is 5.91 Å². The smallest absolute Gasteiger partial charge is 0.270 e. The Balaban J connectivity index is 1.76. The number of rotatable bonds is 6. The fourth-order valence-electron chi connectivity index (χ4n) is 2.92. The van der Waals surface area contributed by atoms with Crippen molar-refractivity contribution in [2.45, 2.75) is 13.8 Å². The first-order valence-corrected chi connectivity index (χ1v) is 10.2. The SMILES string of the molecule is CCN(CC)c1ccc(N2C(=O)/C(=C/C=C/c3ccccc3)SC2=S)cc1. The molecule has 138 valence electrons. The maximum Gasteiger partial charge on any atom is 0.270 e. The second-order valence-electron chi connectivity index (χ2n) is 6.00. The predicted octanol–water partition coefficient (Wildman–Crippen LogP) is 5.49. The second kappa shape index (κ2) is 9.02. The average Bonchev–Trinajstić information content (AvgIpc) is 2.98. The van der Waals surface area contributed by atoms with Crippen LogP contribution < -0.4 is 9.80 Å². The van der Waals surface area contributed by atoms with Crippen molar-refractivity contribution in [3.63, 3.8) is 0 Å². The molecule has 0 radical (unpaired) electrons. The van der Waals surface area contributed by atoms with Gasteiger partial charge in [-0.05, 0) is 49.8 Å². The molecule has 0 aliphatic carbocycles. The molecule has 0 saturated carbocycles. The Kier molecular flexibility index (Phi) is 6.48. The van der Waals surface area contributed by atoms with E-state index in [2.05, 4.69) is 18.7 Å². The first-order chi connectivity index (χ1) is 13.1. The molecular formula is C22H22N2OS2. The molecular weight excluding hydrogens is 372 g/mol. The standard InChI is InChI=1S/C22H22N2OS2/c1-3-23(4-2)18-13-15-19(16-14-18)24-21(25)20(27-22(24)26)12-8-11-17-9-6-5-7-10-17/h5-16H,3-4H2,1-2H3/b11-8+,20-12-. The highest BCUT2D eigenvalue weighted by molar-refractivity contribution is 8.27. The highest BCUT2D eigenvalue weighted by Crippen LogP contribution is 2.35. The van der Waals surface area contributed by atoms with Crippen LogP contribution in [0, 0.1) is 0 Å². The molecule has 0 unspecified atom stereocenters. The average molecular weight is 395 g/mol. The Morgan fingerprint density at radius 3 is 2.33 bits per heavy atom. The summed E-state index contributed by atoms with van der Waals surface area (Å²) in [5.74, 6) is -0.0710. The largest absolute Gasteiger partial charge is 0.372 e. The number of hydrogen-bond acceptors (Lipinski definition) is 4. The first-order valence-electron chi connectivity index (χ1n) is 8.98. The van der Waals surface area contributed by atoms with E-state index in [9.17, 15) is 4.79 Å². The molecule has 1 amide bonds. The van der Waals surface area contributed by atoms with Gasteiger partial charge in [0.2, 0.25) is 0 Å². The van der Waals surface area contributed by atoms with Crippen LogP contribution in [0.1, 0.15) is 19.4 Å². The summed E-state index contributed by atoms with van der Waals surface area (Å²) in [5.41, 5.74) is 3.05. The van der Waals surface area contributed by atoms with Gasteiger partial charge in [0, 0.05) is 18.8 Å². The van der Waals surface area contributed by atoms with Crippen LogP contribution in [0.2, 0.25) is 0 Å². The number of allylic oxidation sites excluding steroid dienone is 2. The van der Waals surface area contributed by atoms with E-state index < -0.39 is 0 Å². The normalized spacial score (nSPS) is 15.9. The molecule has 1 saturated heterocycles. The van der Waals surface area contributed by atoms with Crippen LogP contribution in [0.25, 0.3) is 6.08 Å². The Morgan fingerprint density at radius 1 is 1.04 bits per heavy atom. The topological polar surface area (TPSA) is 23.6 Å². The second-order valence-corrected chi connectivity index (χ2v) is 7.67. The molecule has 0 aromatic heterocycles. The number of thioether (sulfide) groups is 1. The van der Waals surface area contributed by atoms with Crippen molar-refractivity contribution in [3.8, 4) is 0 Å². The van der Waals surface area contributed by atoms with Crippen LogP contribution >= 0.6 is 24.0 Å². The lowest BCUT2D eigenvalue weighted by atomic mass is 10.2. The maximum atomic E-state index is 12.8. The van der Waals surface area contributed by atoms with Crippen LogP contribution in [0.4, 0.5) is 11.4 Å². The predicted molar refractivity (Wildman–Crippen MR) is 121 cm³/mol. The van der Waals surface area contributed by atoms with Gasteiger partial charge >= 0.3 is 0 Å². The lowest BCUT2D eigenvalue weighted by Gasteiger charge is -2.22. The van der Waals surface area contributed by atoms with Crippen molar-refractivity contribution in [1.82, 2.24) is 0 Å². The number of hydrogen-bond donors (Lipinski definition) is 0. The molecule has 2 aromatic rings. The van der Waals surface area contributed by atoms with E-state index in [1.807, 2.05) is 72.8 Å². The highest BCUT2D eigenvalue weighted by atomic mass is 32.2. The minimum atomic E-state index is -0.0710. The Morgan fingerprint density at radius 2 is 1.70 bits per heavy atom. The zero-order chi connectivity index (χ0) is 19.2. The summed E-state index contributed by atoms with van der Waals surface area (Å²) in [6.07, 6.45) is 5.70. The van der Waals surface area contributed by atoms with Gasteiger partial charge in [-0.1, -0.05) is 66.5 Å². The molecule has 27 heavy (non-hydrogen) atoms. The van der Waals surface area contributed by atoms with Gasteiger partial charge in [-0.25, -0.2) is 0 Å². The zero-order valence-corrected chi connectivity index (χ0v) is 17.1. The van der Waals surface area contributed by atoms with E-state index in [1.54, 1.807) is 4.90 Å². The van der Waals surface area contributed by atoms with E-state index in [0.29, 0.717) is 9.23 Å². The molecule has 2 aromatic carbocycles. The lowest BCUT2D eigenvalue weighted by molar-refractivity contribution is -0.113. The summed E-state index contributed by atoms with van der Waals surface area (Å²) in [7, 11) is 0. The fraction of sp³-hybridized carbons (Fsp3) is 0.182. The molecule has 0 N–H and O–H groups in total. The highest BCUT2D eigenvalue weighted by Gasteiger charge is 2.32. The van der Waals surface area contributed by atoms with E-state index in [1.165, 1.54) is 11.8 Å². The number of anilines is 2. The summed E-state index contributed by atoms with van der Waals surface area (Å²) in [6, 6.07) is 18.0. The van der Waals surface area contributed by atoms with E-state index in [4.69, 9.17) is 12.2 Å². The molecule has 1 aliphatic heterocycles. The molecule has 1 fully saturated rings. The number of amides is 1. The molecule has 0 spiro atoms. The van der Waals surface area contributed by atoms with Gasteiger partial charge in [0.25, 0.3) is 5.91 Å². The number of carbonyl (C=O) groups excluding carboxylic acids is 1. The van der Waals surface area contributed by atoms with Crippen LogP contribution in [0.3, 0.4) is 0 Å². The molecule has 0 bridgehead atoms. The summed E-state index contributed by atoms with van der Waals surface area (Å²) in [4.78, 5) is 17.3. The third-order valence-corrected chi connectivity index (χ3v) is 5.69. The van der Waals surface area contributed by atoms with E-state index >= 15 is 0 Å². The quantitative estimate of drug-likeness (QED) is 0.477. The van der Waals surface area contributed by atoms with Crippen molar-refractivity contribution < 1.29 is 4.79 Å². The van der Waals surface area contributed by atoms with Gasteiger partial charge in [-0.3, -0.25) is 9.69 Å². The van der Waals surface area contributed by atoms with Crippen LogP contribution in [0.15, 0.2) is 71.7 Å². The first kappa shape index (κ1) is 19.4. The lowest BCUT2D eigenvalue weighted by Crippen LogP contribution is -2.27. The van der Waals surface area contributed by atoms with Gasteiger partial charge < -0.3 is 4.90 Å². The van der Waals surface area contributed by atoms with Crippen molar-refractivity contribution in [2.75, 3.05) is 22.9 Å². The third-order valence-electron chi connectivity index (χ3n) is 4.37. The fourth-order valence-corrected chi connectivity index (χ4v) is 4.17. The summed E-state index contributed by atoms with van der Waals surface area (Å²) < 4.78 is 0.565. The monoisotopic (exact) mass is 394 g/mol. The van der Waals surface area contributed by atoms with Crippen molar-refractivity contribution in [2.24, 2.45) is 0 Å². The summed E-state index contributed by atoms with van der Waals surface area (Å²) in [6.45, 7) is 6.17. The van der Waals surface area contributed by atoms with Crippen LogP contribution in [0.5, 0.6) is 0 Å². The van der Waals surface area contributed by atoms with Gasteiger partial charge in [0.05, 0.1) is 10.6 Å². The molecule has 3 rings (SSSR count). The minimum absolute atomic E-state index is 0.0710. The van der Waals surface area contributed by atoms with Crippen molar-refractivity contribution in [1.29, 1.82) is 0 Å². The molecule has 3 nitrogen and oxygen atoms in total. The number of nitrogens with zero attached hydrogens (tertiary/aromatic N) is 2. The zero-order valence-electron chi connectivity index (χ0n) is 15.5. The summed E-state index contributed by atoms with van der Waals surface area (Å²) in [5, 5.41) is 0. The van der Waals surface area contributed by atoms with Crippen LogP contribution in [-0.2, 0) is 4.79 Å².